The van der Waals surface area contributed by atoms with E-state index in [1.807, 2.05) is 0 Å². The Hall–Kier alpha value is -2.54. The Labute approximate surface area is 185 Å². The standard InChI is InChI=1S/C20H24F6N2O5/c1-2-33-16(29)4-3-9-28(17(30)27-10-12-32-13-11-27)15-7-5-14(6-8-15)18(31,19(21,22)23)20(24,25)26/h5-8,31H,2-4,9-13H2,1H3. The predicted octanol–water partition coefficient (Wildman–Crippen LogP) is 3.60. The van der Waals surface area contributed by atoms with Gasteiger partial charge in [0.2, 0.25) is 0 Å². The molecular weight excluding hydrogens is 462 g/mol. The summed E-state index contributed by atoms with van der Waals surface area (Å²) in [5, 5.41) is 9.55. The largest absolute Gasteiger partial charge is 0.466 e. The van der Waals surface area contributed by atoms with E-state index in [1.165, 1.54) is 4.90 Å². The first-order valence-electron chi connectivity index (χ1n) is 10.1. The van der Waals surface area contributed by atoms with Crippen LogP contribution in [0.5, 0.6) is 0 Å². The molecule has 1 saturated heterocycles. The Morgan fingerprint density at radius 3 is 2.09 bits per heavy atom. The van der Waals surface area contributed by atoms with E-state index in [9.17, 15) is 41.0 Å². The maximum absolute atomic E-state index is 13.1. The van der Waals surface area contributed by atoms with Crippen molar-refractivity contribution in [2.75, 3.05) is 44.4 Å². The summed E-state index contributed by atoms with van der Waals surface area (Å²) in [6, 6.07) is 2.18. The number of ether oxygens (including phenoxy) is 2. The number of nitrogens with zero attached hydrogens (tertiary/aromatic N) is 2. The van der Waals surface area contributed by atoms with Gasteiger partial charge in [-0.2, -0.15) is 26.3 Å². The lowest BCUT2D eigenvalue weighted by Crippen LogP contribution is -2.54. The smallest absolute Gasteiger partial charge is 0.430 e. The molecule has 0 bridgehead atoms. The SMILES string of the molecule is CCOC(=O)CCCN(C(=O)N1CCOCC1)c1ccc(C(O)(C(F)(F)F)C(F)(F)F)cc1. The van der Waals surface area contributed by atoms with Crippen molar-refractivity contribution in [1.82, 2.24) is 4.90 Å². The number of carbonyl (C=O) groups is 2. The van der Waals surface area contributed by atoms with Crippen LogP contribution in [0.1, 0.15) is 25.3 Å². The Balaban J connectivity index is 2.32. The van der Waals surface area contributed by atoms with E-state index in [1.54, 1.807) is 6.92 Å². The molecule has 33 heavy (non-hydrogen) atoms. The molecule has 0 aliphatic carbocycles. The fraction of sp³-hybridized carbons (Fsp3) is 0.600. The second-order valence-electron chi connectivity index (χ2n) is 7.20. The third-order valence-corrected chi connectivity index (χ3v) is 5.00. The summed E-state index contributed by atoms with van der Waals surface area (Å²) in [7, 11) is 0. The summed E-state index contributed by atoms with van der Waals surface area (Å²) in [6.07, 6.45) is -11.9. The molecule has 1 aromatic carbocycles. The van der Waals surface area contributed by atoms with Crippen molar-refractivity contribution in [2.24, 2.45) is 0 Å². The summed E-state index contributed by atoms with van der Waals surface area (Å²) in [6.45, 7) is 2.77. The molecule has 13 heteroatoms. The number of hydrogen-bond donors (Lipinski definition) is 1. The zero-order chi connectivity index (χ0) is 24.9. The zero-order valence-electron chi connectivity index (χ0n) is 17.7. The van der Waals surface area contributed by atoms with E-state index in [2.05, 4.69) is 0 Å². The molecule has 2 rings (SSSR count). The molecule has 2 amide bonds. The maximum Gasteiger partial charge on any atom is 0.430 e. The number of amides is 2. The number of alkyl halides is 6. The van der Waals surface area contributed by atoms with Gasteiger partial charge in [-0.1, -0.05) is 12.1 Å². The van der Waals surface area contributed by atoms with Crippen LogP contribution in [0.15, 0.2) is 24.3 Å². The molecule has 1 heterocycles. The minimum Gasteiger partial charge on any atom is -0.466 e. The van der Waals surface area contributed by atoms with E-state index >= 15 is 0 Å². The molecular formula is C20H24F6N2O5. The van der Waals surface area contributed by atoms with Crippen LogP contribution in [-0.2, 0) is 19.9 Å². The maximum atomic E-state index is 13.1. The molecule has 0 atom stereocenters. The number of morpholine rings is 1. The molecule has 1 fully saturated rings. The Bertz CT molecular complexity index is 793. The van der Waals surface area contributed by atoms with Gasteiger partial charge in [0, 0.05) is 37.3 Å². The van der Waals surface area contributed by atoms with Crippen molar-refractivity contribution in [2.45, 2.75) is 37.7 Å². The van der Waals surface area contributed by atoms with E-state index in [0.717, 1.165) is 17.0 Å². The van der Waals surface area contributed by atoms with E-state index in [4.69, 9.17) is 9.47 Å². The quantitative estimate of drug-likeness (QED) is 0.471. The average molecular weight is 486 g/mol. The summed E-state index contributed by atoms with van der Waals surface area (Å²) in [5.41, 5.74) is -6.50. The highest BCUT2D eigenvalue weighted by Crippen LogP contribution is 2.50. The number of halogens is 6. The van der Waals surface area contributed by atoms with Crippen molar-refractivity contribution in [3.05, 3.63) is 29.8 Å². The van der Waals surface area contributed by atoms with E-state index in [-0.39, 0.29) is 58.0 Å². The zero-order valence-corrected chi connectivity index (χ0v) is 17.7. The normalized spacial score (nSPS) is 15.3. The van der Waals surface area contributed by atoms with E-state index in [0.29, 0.717) is 12.1 Å². The Morgan fingerprint density at radius 1 is 1.06 bits per heavy atom. The first kappa shape index (κ1) is 26.7. The minimum atomic E-state index is -6.02. The number of esters is 1. The van der Waals surface area contributed by atoms with Crippen LogP contribution in [0.2, 0.25) is 0 Å². The van der Waals surface area contributed by atoms with E-state index < -0.39 is 35.5 Å². The van der Waals surface area contributed by atoms with Crippen molar-refractivity contribution >= 4 is 17.7 Å². The lowest BCUT2D eigenvalue weighted by molar-refractivity contribution is -0.376. The first-order chi connectivity index (χ1) is 15.3. The molecule has 0 saturated carbocycles. The molecule has 1 aromatic rings. The monoisotopic (exact) mass is 486 g/mol. The van der Waals surface area contributed by atoms with Crippen LogP contribution in [-0.4, -0.2) is 73.8 Å². The van der Waals surface area contributed by atoms with Crippen molar-refractivity contribution in [1.29, 1.82) is 0 Å². The van der Waals surface area contributed by atoms with Crippen LogP contribution >= 0.6 is 0 Å². The number of rotatable bonds is 7. The summed E-state index contributed by atoms with van der Waals surface area (Å²) >= 11 is 0. The van der Waals surface area contributed by atoms with Crippen molar-refractivity contribution in [3.8, 4) is 0 Å². The van der Waals surface area contributed by atoms with Gasteiger partial charge in [-0.25, -0.2) is 4.79 Å². The number of carbonyl (C=O) groups excluding carboxylic acids is 2. The molecule has 1 N–H and O–H groups in total. The first-order valence-corrected chi connectivity index (χ1v) is 10.1. The topological polar surface area (TPSA) is 79.3 Å². The van der Waals surface area contributed by atoms with Gasteiger partial charge < -0.3 is 19.5 Å². The second-order valence-corrected chi connectivity index (χ2v) is 7.20. The number of hydrogen-bond acceptors (Lipinski definition) is 5. The number of benzene rings is 1. The highest BCUT2D eigenvalue weighted by molar-refractivity contribution is 5.92. The van der Waals surface area contributed by atoms with Crippen LogP contribution in [0.3, 0.4) is 0 Å². The van der Waals surface area contributed by atoms with Gasteiger partial charge in [0.15, 0.2) is 0 Å². The average Bonchev–Trinajstić information content (AvgIpc) is 2.75. The van der Waals surface area contributed by atoms with Gasteiger partial charge in [0.1, 0.15) is 0 Å². The van der Waals surface area contributed by atoms with Crippen LogP contribution in [0.4, 0.5) is 36.8 Å². The number of aliphatic hydroxyl groups is 1. The van der Waals surface area contributed by atoms with Crippen LogP contribution in [0, 0.1) is 0 Å². The molecule has 1 aliphatic heterocycles. The van der Waals surface area contributed by atoms with Gasteiger partial charge in [0.05, 0.1) is 19.8 Å². The Kier molecular flexibility index (Phi) is 8.57. The van der Waals surface area contributed by atoms with Gasteiger partial charge in [0.25, 0.3) is 5.60 Å². The second kappa shape index (κ2) is 10.6. The van der Waals surface area contributed by atoms with Gasteiger partial charge in [-0.3, -0.25) is 9.69 Å². The summed E-state index contributed by atoms with van der Waals surface area (Å²) < 4.78 is 88.7. The molecule has 7 nitrogen and oxygen atoms in total. The Morgan fingerprint density at radius 2 is 1.61 bits per heavy atom. The van der Waals surface area contributed by atoms with Crippen molar-refractivity contribution < 1.29 is 50.5 Å². The molecule has 1 aliphatic rings. The molecule has 0 spiro atoms. The van der Waals surface area contributed by atoms with Gasteiger partial charge in [-0.15, -0.1) is 0 Å². The van der Waals surface area contributed by atoms with Crippen LogP contribution in [0.25, 0.3) is 0 Å². The lowest BCUT2D eigenvalue weighted by Gasteiger charge is -2.34. The summed E-state index contributed by atoms with van der Waals surface area (Å²) in [5.74, 6) is -0.507. The van der Waals surface area contributed by atoms with Crippen LogP contribution < -0.4 is 4.90 Å². The third-order valence-electron chi connectivity index (χ3n) is 5.00. The lowest BCUT2D eigenvalue weighted by atomic mass is 9.92. The number of anilines is 1. The highest BCUT2D eigenvalue weighted by atomic mass is 19.4. The van der Waals surface area contributed by atoms with Crippen molar-refractivity contribution in [3.63, 3.8) is 0 Å². The summed E-state index contributed by atoms with van der Waals surface area (Å²) in [4.78, 5) is 27.1. The highest BCUT2D eigenvalue weighted by Gasteiger charge is 2.71. The predicted molar refractivity (Wildman–Crippen MR) is 103 cm³/mol. The van der Waals surface area contributed by atoms with Gasteiger partial charge in [-0.05, 0) is 25.5 Å². The molecule has 0 radical (unpaired) electrons. The minimum absolute atomic E-state index is 0.00537. The molecule has 186 valence electrons. The third kappa shape index (κ3) is 6.08. The van der Waals surface area contributed by atoms with Gasteiger partial charge >= 0.3 is 24.4 Å². The fourth-order valence-corrected chi connectivity index (χ4v) is 3.25. The molecule has 0 unspecified atom stereocenters. The number of urea groups is 1. The fourth-order valence-electron chi connectivity index (χ4n) is 3.25. The molecule has 0 aromatic heterocycles.